The Labute approximate surface area is 166 Å². The van der Waals surface area contributed by atoms with Crippen LogP contribution < -0.4 is 10.9 Å². The van der Waals surface area contributed by atoms with Gasteiger partial charge in [0.2, 0.25) is 0 Å². The van der Waals surface area contributed by atoms with Crippen LogP contribution in [0.4, 0.5) is 0 Å². The third kappa shape index (κ3) is 6.22. The van der Waals surface area contributed by atoms with Crippen LogP contribution in [0.15, 0.2) is 30.3 Å². The predicted molar refractivity (Wildman–Crippen MR) is 107 cm³/mol. The van der Waals surface area contributed by atoms with E-state index >= 15 is 0 Å². The first-order chi connectivity index (χ1) is 13.2. The molecule has 0 bridgehead atoms. The maximum Gasteiger partial charge on any atom is 0.348 e. The number of benzene rings is 1. The van der Waals surface area contributed by atoms with Crippen LogP contribution in [0.3, 0.4) is 0 Å². The van der Waals surface area contributed by atoms with Crippen LogP contribution >= 0.6 is 15.2 Å². The Hall–Kier alpha value is -1.05. The van der Waals surface area contributed by atoms with E-state index in [0.29, 0.717) is 5.56 Å². The van der Waals surface area contributed by atoms with Crippen molar-refractivity contribution in [2.24, 2.45) is 5.92 Å². The molecule has 2 N–H and O–H groups in total. The number of carbonyl (C=O) groups excluding carboxylic acids is 1. The van der Waals surface area contributed by atoms with Crippen LogP contribution in [0.2, 0.25) is 0 Å². The van der Waals surface area contributed by atoms with Crippen LogP contribution in [0.5, 0.6) is 0 Å². The van der Waals surface area contributed by atoms with Gasteiger partial charge in [-0.05, 0) is 24.5 Å². The SMILES string of the molecule is COP(=O)(OC)C(CC(C(C)C)P(=O)(OC)OC)NNC(=O)c1ccccc1. The third-order valence-corrected chi connectivity index (χ3v) is 9.19. The van der Waals surface area contributed by atoms with E-state index in [-0.39, 0.29) is 12.3 Å². The quantitative estimate of drug-likeness (QED) is 0.377. The van der Waals surface area contributed by atoms with Gasteiger partial charge in [0.15, 0.2) is 0 Å². The van der Waals surface area contributed by atoms with E-state index in [0.717, 1.165) is 0 Å². The minimum Gasteiger partial charge on any atom is -0.312 e. The molecular weight excluding hydrogens is 406 g/mol. The molecule has 0 spiro atoms. The minimum atomic E-state index is -3.68. The van der Waals surface area contributed by atoms with Gasteiger partial charge in [-0.15, -0.1) is 0 Å². The average molecular weight is 436 g/mol. The second kappa shape index (κ2) is 11.2. The summed E-state index contributed by atoms with van der Waals surface area (Å²) in [5.74, 6) is -1.55. The van der Waals surface area contributed by atoms with Crippen molar-refractivity contribution in [2.75, 3.05) is 28.4 Å². The van der Waals surface area contributed by atoms with Crippen molar-refractivity contribution in [1.29, 1.82) is 0 Å². The Bertz CT molecular complexity index is 699. The van der Waals surface area contributed by atoms with Crippen LogP contribution in [0, 0.1) is 5.92 Å². The first kappa shape index (κ1) is 25.0. The molecule has 0 aliphatic carbocycles. The molecule has 1 aromatic carbocycles. The highest BCUT2D eigenvalue weighted by Crippen LogP contribution is 2.59. The number of carbonyl (C=O) groups is 1. The van der Waals surface area contributed by atoms with Gasteiger partial charge in [-0.2, -0.15) is 0 Å². The molecule has 1 rings (SSSR count). The predicted octanol–water partition coefficient (Wildman–Crippen LogP) is 3.63. The van der Waals surface area contributed by atoms with Gasteiger partial charge >= 0.3 is 15.2 Å². The van der Waals surface area contributed by atoms with Gasteiger partial charge in [0.1, 0.15) is 5.78 Å². The Kier molecular flexibility index (Phi) is 10.0. The molecule has 1 amide bonds. The molecule has 28 heavy (non-hydrogen) atoms. The molecular formula is C17H30N2O7P2. The lowest BCUT2D eigenvalue weighted by Gasteiger charge is -2.33. The second-order valence-electron chi connectivity index (χ2n) is 6.34. The van der Waals surface area contributed by atoms with E-state index in [1.165, 1.54) is 28.4 Å². The Morgan fingerprint density at radius 1 is 0.929 bits per heavy atom. The zero-order chi connectivity index (χ0) is 21.4. The van der Waals surface area contributed by atoms with Crippen molar-refractivity contribution in [3.63, 3.8) is 0 Å². The zero-order valence-corrected chi connectivity index (χ0v) is 18.9. The van der Waals surface area contributed by atoms with Crippen LogP contribution in [-0.2, 0) is 27.2 Å². The number of amides is 1. The fourth-order valence-electron chi connectivity index (χ4n) is 2.75. The Morgan fingerprint density at radius 2 is 1.43 bits per heavy atom. The largest absolute Gasteiger partial charge is 0.348 e. The first-order valence-electron chi connectivity index (χ1n) is 8.70. The molecule has 9 nitrogen and oxygen atoms in total. The third-order valence-electron chi connectivity index (χ3n) is 4.43. The molecule has 0 saturated carbocycles. The van der Waals surface area contributed by atoms with Gasteiger partial charge < -0.3 is 18.1 Å². The zero-order valence-electron chi connectivity index (χ0n) is 17.1. The van der Waals surface area contributed by atoms with Gasteiger partial charge in [0.05, 0.1) is 5.66 Å². The lowest BCUT2D eigenvalue weighted by molar-refractivity contribution is 0.0927. The normalized spacial score (nSPS) is 14.7. The molecule has 11 heteroatoms. The number of hydrogen-bond acceptors (Lipinski definition) is 8. The number of hydrogen-bond donors (Lipinski definition) is 2. The molecule has 2 atom stereocenters. The molecule has 0 radical (unpaired) electrons. The van der Waals surface area contributed by atoms with E-state index in [9.17, 15) is 13.9 Å². The number of rotatable bonds is 12. The van der Waals surface area contributed by atoms with E-state index in [2.05, 4.69) is 10.9 Å². The average Bonchev–Trinajstić information content (AvgIpc) is 2.72. The summed E-state index contributed by atoms with van der Waals surface area (Å²) >= 11 is 0. The topological polar surface area (TPSA) is 112 Å². The van der Waals surface area contributed by atoms with E-state index in [1.54, 1.807) is 30.3 Å². The number of nitrogens with one attached hydrogen (secondary N) is 2. The van der Waals surface area contributed by atoms with Gasteiger partial charge in [-0.3, -0.25) is 19.4 Å². The summed E-state index contributed by atoms with van der Waals surface area (Å²) in [5, 5.41) is 0. The molecule has 2 unspecified atom stereocenters. The van der Waals surface area contributed by atoms with Crippen molar-refractivity contribution in [3.8, 4) is 0 Å². The summed E-state index contributed by atoms with van der Waals surface area (Å²) in [6.07, 6.45) is 0.0463. The summed E-state index contributed by atoms with van der Waals surface area (Å²) in [6, 6.07) is 8.52. The fraction of sp³-hybridized carbons (Fsp3) is 0.588. The molecule has 0 aliphatic heterocycles. The van der Waals surface area contributed by atoms with Crippen molar-refractivity contribution >= 4 is 21.1 Å². The maximum atomic E-state index is 13.0. The lowest BCUT2D eigenvalue weighted by Crippen LogP contribution is -2.46. The maximum absolute atomic E-state index is 13.0. The molecule has 160 valence electrons. The molecule has 0 saturated heterocycles. The second-order valence-corrected chi connectivity index (χ2v) is 11.2. The highest BCUT2D eigenvalue weighted by Gasteiger charge is 2.44. The molecule has 1 aromatic rings. The van der Waals surface area contributed by atoms with Gasteiger partial charge in [0.25, 0.3) is 5.91 Å². The highest BCUT2D eigenvalue weighted by atomic mass is 31.2. The van der Waals surface area contributed by atoms with Crippen molar-refractivity contribution in [3.05, 3.63) is 35.9 Å². The van der Waals surface area contributed by atoms with E-state index in [4.69, 9.17) is 18.1 Å². The minimum absolute atomic E-state index is 0.0463. The summed E-state index contributed by atoms with van der Waals surface area (Å²) in [4.78, 5) is 12.3. The molecule has 0 aromatic heterocycles. The fourth-order valence-corrected chi connectivity index (χ4v) is 6.17. The van der Waals surface area contributed by atoms with Crippen molar-refractivity contribution in [2.45, 2.75) is 31.7 Å². The monoisotopic (exact) mass is 436 g/mol. The van der Waals surface area contributed by atoms with Crippen LogP contribution in [0.25, 0.3) is 0 Å². The standard InChI is InChI=1S/C17H30N2O7P2/c1-13(2)15(27(21,23-3)24-4)12-16(28(22,25-5)26-6)18-19-17(20)14-10-8-7-9-11-14/h7-11,13,15-16,18H,12H2,1-6H3,(H,19,20). The first-order valence-corrected chi connectivity index (χ1v) is 11.9. The van der Waals surface area contributed by atoms with E-state index < -0.39 is 32.5 Å². The molecule has 0 fully saturated rings. The van der Waals surface area contributed by atoms with Crippen molar-refractivity contribution in [1.82, 2.24) is 10.9 Å². The van der Waals surface area contributed by atoms with Crippen molar-refractivity contribution < 1.29 is 32.0 Å². The highest BCUT2D eigenvalue weighted by molar-refractivity contribution is 7.55. The van der Waals surface area contributed by atoms with Crippen LogP contribution in [-0.4, -0.2) is 45.8 Å². The van der Waals surface area contributed by atoms with Gasteiger partial charge in [-0.1, -0.05) is 32.0 Å². The van der Waals surface area contributed by atoms with E-state index in [1.807, 2.05) is 13.8 Å². The summed E-state index contributed by atoms with van der Waals surface area (Å²) in [7, 11) is -2.08. The Morgan fingerprint density at radius 3 is 1.86 bits per heavy atom. The summed E-state index contributed by atoms with van der Waals surface area (Å²) < 4.78 is 46.5. The molecule has 0 aliphatic rings. The molecule has 0 heterocycles. The van der Waals surface area contributed by atoms with Gasteiger partial charge in [-0.25, -0.2) is 5.43 Å². The van der Waals surface area contributed by atoms with Gasteiger partial charge in [0, 0.05) is 34.0 Å². The Balaban J connectivity index is 3.10. The van der Waals surface area contributed by atoms with Crippen LogP contribution in [0.1, 0.15) is 30.6 Å². The lowest BCUT2D eigenvalue weighted by atomic mass is 10.1. The smallest absolute Gasteiger partial charge is 0.312 e. The summed E-state index contributed by atoms with van der Waals surface area (Å²) in [6.45, 7) is 3.69. The number of hydrazine groups is 1. The summed E-state index contributed by atoms with van der Waals surface area (Å²) in [5.41, 5.74) is 5.03.